The summed E-state index contributed by atoms with van der Waals surface area (Å²) in [4.78, 5) is 15.0. The van der Waals surface area contributed by atoms with Crippen LogP contribution in [0.4, 0.5) is 0 Å². The molecule has 1 aliphatic heterocycles. The number of nitrogens with one attached hydrogen (secondary N) is 1. The molecule has 0 aromatic carbocycles. The first-order valence-corrected chi connectivity index (χ1v) is 7.69. The number of hydrogen-bond acceptors (Lipinski definition) is 3. The lowest BCUT2D eigenvalue weighted by atomic mass is 9.83. The first kappa shape index (κ1) is 13.6. The minimum Gasteiger partial charge on any atom is -0.343 e. The molecule has 20 heavy (non-hydrogen) atoms. The van der Waals surface area contributed by atoms with Crippen molar-refractivity contribution in [3.63, 3.8) is 0 Å². The number of carbonyl (C=O) groups excluding carboxylic acids is 1. The lowest BCUT2D eigenvalue weighted by Crippen LogP contribution is -2.55. The summed E-state index contributed by atoms with van der Waals surface area (Å²) in [5.41, 5.74) is -0.479. The van der Waals surface area contributed by atoms with Gasteiger partial charge in [-0.15, -0.1) is 0 Å². The summed E-state index contributed by atoms with van der Waals surface area (Å²) in [5.74, 6) is 0.940. The van der Waals surface area contributed by atoms with Crippen LogP contribution in [0.25, 0.3) is 0 Å². The maximum atomic E-state index is 13.0. The number of piperidine rings is 1. The summed E-state index contributed by atoms with van der Waals surface area (Å²) in [6.45, 7) is 2.65. The van der Waals surface area contributed by atoms with E-state index in [-0.39, 0.29) is 5.91 Å². The van der Waals surface area contributed by atoms with Crippen LogP contribution in [0.15, 0.2) is 18.5 Å². The fourth-order valence-corrected chi connectivity index (χ4v) is 3.40. The Hall–Kier alpha value is -1.36. The van der Waals surface area contributed by atoms with Crippen molar-refractivity contribution in [2.45, 2.75) is 37.6 Å². The monoisotopic (exact) mass is 276 g/mol. The van der Waals surface area contributed by atoms with Gasteiger partial charge in [-0.3, -0.25) is 9.48 Å². The Labute approximate surface area is 120 Å². The van der Waals surface area contributed by atoms with Crippen LogP contribution in [0.2, 0.25) is 0 Å². The van der Waals surface area contributed by atoms with Crippen LogP contribution in [-0.4, -0.2) is 47.3 Å². The van der Waals surface area contributed by atoms with E-state index >= 15 is 0 Å². The molecule has 1 aliphatic carbocycles. The molecule has 110 valence electrons. The molecule has 2 fully saturated rings. The first-order chi connectivity index (χ1) is 9.72. The molecule has 1 aromatic heterocycles. The van der Waals surface area contributed by atoms with Gasteiger partial charge in [0.15, 0.2) is 0 Å². The highest BCUT2D eigenvalue weighted by Crippen LogP contribution is 2.31. The van der Waals surface area contributed by atoms with Gasteiger partial charge < -0.3 is 10.2 Å². The highest BCUT2D eigenvalue weighted by molar-refractivity contribution is 5.84. The van der Waals surface area contributed by atoms with Gasteiger partial charge in [-0.2, -0.15) is 5.10 Å². The molecule has 2 aliphatic rings. The maximum Gasteiger partial charge on any atom is 0.250 e. The van der Waals surface area contributed by atoms with Crippen LogP contribution in [-0.2, 0) is 10.3 Å². The van der Waals surface area contributed by atoms with Crippen LogP contribution < -0.4 is 5.32 Å². The first-order valence-electron chi connectivity index (χ1n) is 7.69. The Morgan fingerprint density at radius 3 is 2.75 bits per heavy atom. The molecule has 1 amide bonds. The predicted octanol–water partition coefficient (Wildman–Crippen LogP) is 1.22. The summed E-state index contributed by atoms with van der Waals surface area (Å²) in [5, 5.41) is 7.72. The maximum absolute atomic E-state index is 13.0. The van der Waals surface area contributed by atoms with Gasteiger partial charge in [0.2, 0.25) is 5.91 Å². The normalized spacial score (nSPS) is 22.2. The fraction of sp³-hybridized carbons (Fsp3) is 0.733. The Bertz CT molecular complexity index is 446. The second-order valence-corrected chi connectivity index (χ2v) is 6.21. The zero-order chi connectivity index (χ0) is 14.0. The molecular formula is C15H24N4O. The molecule has 0 radical (unpaired) electrons. The van der Waals surface area contributed by atoms with Crippen molar-refractivity contribution in [1.82, 2.24) is 20.0 Å². The van der Waals surface area contributed by atoms with Crippen LogP contribution >= 0.6 is 0 Å². The fourth-order valence-electron chi connectivity index (χ4n) is 3.40. The number of nitrogens with zero attached hydrogens (tertiary/aromatic N) is 3. The number of carbonyl (C=O) groups is 1. The SMILES string of the molecule is CN(CC1CCC1)C(=O)C1(n2cccn2)CCNCC1. The van der Waals surface area contributed by atoms with Gasteiger partial charge in [0, 0.05) is 26.0 Å². The topological polar surface area (TPSA) is 50.2 Å². The molecule has 1 saturated heterocycles. The van der Waals surface area contributed by atoms with Crippen LogP contribution in [0.1, 0.15) is 32.1 Å². The molecule has 1 aromatic rings. The number of aromatic nitrogens is 2. The van der Waals surface area contributed by atoms with E-state index in [2.05, 4.69) is 10.4 Å². The molecule has 5 heteroatoms. The van der Waals surface area contributed by atoms with Gasteiger partial charge in [-0.05, 0) is 50.8 Å². The third kappa shape index (κ3) is 2.35. The Morgan fingerprint density at radius 1 is 1.45 bits per heavy atom. The molecule has 5 nitrogen and oxygen atoms in total. The summed E-state index contributed by atoms with van der Waals surface area (Å²) in [6, 6.07) is 1.91. The molecule has 0 unspecified atom stereocenters. The van der Waals surface area contributed by atoms with E-state index in [4.69, 9.17) is 0 Å². The van der Waals surface area contributed by atoms with Gasteiger partial charge >= 0.3 is 0 Å². The second kappa shape index (κ2) is 5.56. The van der Waals surface area contributed by atoms with E-state index in [0.29, 0.717) is 5.92 Å². The minimum atomic E-state index is -0.479. The van der Waals surface area contributed by atoms with Gasteiger partial charge in [-0.1, -0.05) is 6.42 Å². The molecule has 0 bridgehead atoms. The van der Waals surface area contributed by atoms with E-state index in [1.54, 1.807) is 6.20 Å². The Kier molecular flexibility index (Phi) is 3.78. The summed E-state index contributed by atoms with van der Waals surface area (Å²) in [6.07, 6.45) is 9.21. The highest BCUT2D eigenvalue weighted by atomic mass is 16.2. The summed E-state index contributed by atoms with van der Waals surface area (Å²) in [7, 11) is 1.95. The zero-order valence-corrected chi connectivity index (χ0v) is 12.2. The van der Waals surface area contributed by atoms with Crippen molar-refractivity contribution in [3.8, 4) is 0 Å². The molecule has 0 atom stereocenters. The number of amides is 1. The molecule has 3 rings (SSSR count). The Morgan fingerprint density at radius 2 is 2.20 bits per heavy atom. The van der Waals surface area contributed by atoms with Crippen molar-refractivity contribution >= 4 is 5.91 Å². The summed E-state index contributed by atoms with van der Waals surface area (Å²) >= 11 is 0. The van der Waals surface area contributed by atoms with Gasteiger partial charge in [0.25, 0.3) is 0 Å². The van der Waals surface area contributed by atoms with Crippen LogP contribution in [0.3, 0.4) is 0 Å². The number of rotatable bonds is 4. The quantitative estimate of drug-likeness (QED) is 0.899. The van der Waals surface area contributed by atoms with E-state index in [1.807, 2.05) is 28.9 Å². The summed E-state index contributed by atoms with van der Waals surface area (Å²) < 4.78 is 1.88. The smallest absolute Gasteiger partial charge is 0.250 e. The van der Waals surface area contributed by atoms with Gasteiger partial charge in [0.05, 0.1) is 0 Å². The van der Waals surface area contributed by atoms with Crippen LogP contribution in [0.5, 0.6) is 0 Å². The lowest BCUT2D eigenvalue weighted by Gasteiger charge is -2.40. The molecule has 2 heterocycles. The van der Waals surface area contributed by atoms with Gasteiger partial charge in [-0.25, -0.2) is 0 Å². The molecule has 1 saturated carbocycles. The van der Waals surface area contributed by atoms with E-state index in [1.165, 1.54) is 19.3 Å². The van der Waals surface area contributed by atoms with E-state index < -0.39 is 5.54 Å². The van der Waals surface area contributed by atoms with Crippen molar-refractivity contribution in [2.75, 3.05) is 26.7 Å². The van der Waals surface area contributed by atoms with Crippen molar-refractivity contribution in [2.24, 2.45) is 5.92 Å². The van der Waals surface area contributed by atoms with Crippen molar-refractivity contribution in [1.29, 1.82) is 0 Å². The van der Waals surface area contributed by atoms with Crippen molar-refractivity contribution in [3.05, 3.63) is 18.5 Å². The average molecular weight is 276 g/mol. The lowest BCUT2D eigenvalue weighted by molar-refractivity contribution is -0.142. The minimum absolute atomic E-state index is 0.231. The second-order valence-electron chi connectivity index (χ2n) is 6.21. The third-order valence-corrected chi connectivity index (χ3v) is 4.88. The van der Waals surface area contributed by atoms with Crippen LogP contribution in [0, 0.1) is 5.92 Å². The van der Waals surface area contributed by atoms with E-state index in [0.717, 1.165) is 32.5 Å². The van der Waals surface area contributed by atoms with Crippen molar-refractivity contribution < 1.29 is 4.79 Å². The molecule has 0 spiro atoms. The Balaban J connectivity index is 1.79. The molecular weight excluding hydrogens is 252 g/mol. The number of likely N-dealkylation sites (N-methyl/N-ethyl adjacent to an activating group) is 1. The number of hydrogen-bond donors (Lipinski definition) is 1. The average Bonchev–Trinajstić information content (AvgIpc) is 2.97. The third-order valence-electron chi connectivity index (χ3n) is 4.88. The standard InChI is InChI=1S/C15H24N4O/c1-18(12-13-4-2-5-13)14(20)15(6-9-16-10-7-15)19-11-3-8-17-19/h3,8,11,13,16H,2,4-7,9-10,12H2,1H3. The largest absolute Gasteiger partial charge is 0.343 e. The zero-order valence-electron chi connectivity index (χ0n) is 12.2. The molecule has 1 N–H and O–H groups in total. The van der Waals surface area contributed by atoms with Gasteiger partial charge in [0.1, 0.15) is 5.54 Å². The predicted molar refractivity (Wildman–Crippen MR) is 77.3 cm³/mol. The van der Waals surface area contributed by atoms with E-state index in [9.17, 15) is 4.79 Å². The highest BCUT2D eigenvalue weighted by Gasteiger charge is 2.44.